The van der Waals surface area contributed by atoms with Gasteiger partial charge in [-0.1, -0.05) is 6.07 Å². The highest BCUT2D eigenvalue weighted by Gasteiger charge is 2.19. The summed E-state index contributed by atoms with van der Waals surface area (Å²) in [5.41, 5.74) is 0.937. The highest BCUT2D eigenvalue weighted by atomic mass is 19.1. The third kappa shape index (κ3) is 2.07. The first-order chi connectivity index (χ1) is 7.72. The molecule has 0 spiro atoms. The molecule has 1 aromatic rings. The van der Waals surface area contributed by atoms with Gasteiger partial charge in [0.05, 0.1) is 12.7 Å². The van der Waals surface area contributed by atoms with Crippen molar-refractivity contribution in [2.45, 2.75) is 12.3 Å². The van der Waals surface area contributed by atoms with E-state index in [0.29, 0.717) is 5.92 Å². The van der Waals surface area contributed by atoms with Gasteiger partial charge in [-0.2, -0.15) is 0 Å². The van der Waals surface area contributed by atoms with Crippen LogP contribution in [0.2, 0.25) is 0 Å². The average molecular weight is 223 g/mol. The highest BCUT2D eigenvalue weighted by Crippen LogP contribution is 2.24. The van der Waals surface area contributed by atoms with Crippen LogP contribution in [0.15, 0.2) is 18.2 Å². The zero-order valence-electron chi connectivity index (χ0n) is 9.13. The third-order valence-electron chi connectivity index (χ3n) is 2.93. The predicted molar refractivity (Wildman–Crippen MR) is 58.0 cm³/mol. The van der Waals surface area contributed by atoms with E-state index in [1.54, 1.807) is 6.07 Å². The topological polar surface area (TPSA) is 38.3 Å². The van der Waals surface area contributed by atoms with Crippen LogP contribution in [-0.4, -0.2) is 26.2 Å². The fourth-order valence-corrected chi connectivity index (χ4v) is 2.00. The summed E-state index contributed by atoms with van der Waals surface area (Å²) in [6, 6.07) is 4.73. The van der Waals surface area contributed by atoms with Gasteiger partial charge in [-0.05, 0) is 36.6 Å². The van der Waals surface area contributed by atoms with E-state index in [1.165, 1.54) is 19.2 Å². The van der Waals surface area contributed by atoms with Crippen molar-refractivity contribution >= 4 is 5.97 Å². The lowest BCUT2D eigenvalue weighted by Crippen LogP contribution is -2.09. The summed E-state index contributed by atoms with van der Waals surface area (Å²) in [4.78, 5) is 11.2. The van der Waals surface area contributed by atoms with Gasteiger partial charge in [0.1, 0.15) is 5.82 Å². The van der Waals surface area contributed by atoms with Crippen LogP contribution in [0.25, 0.3) is 0 Å². The third-order valence-corrected chi connectivity index (χ3v) is 2.93. The smallest absolute Gasteiger partial charge is 0.340 e. The molecular formula is C12H14FNO2. The molecule has 0 amide bonds. The van der Waals surface area contributed by atoms with Crippen molar-refractivity contribution < 1.29 is 13.9 Å². The second kappa shape index (κ2) is 4.61. The number of halogens is 1. The number of carbonyl (C=O) groups is 1. The zero-order valence-corrected chi connectivity index (χ0v) is 9.13. The number of hydrogen-bond donors (Lipinski definition) is 1. The fraction of sp³-hybridized carbons (Fsp3) is 0.417. The first-order valence-corrected chi connectivity index (χ1v) is 5.31. The SMILES string of the molecule is COC(=O)c1ccc([C@H]2CCNC2)cc1F. The predicted octanol–water partition coefficient (Wildman–Crippen LogP) is 1.69. The molecule has 1 N–H and O–H groups in total. The molecule has 1 aliphatic heterocycles. The standard InChI is InChI=1S/C12H14FNO2/c1-16-12(15)10-3-2-8(6-11(10)13)9-4-5-14-7-9/h2-3,6,9,14H,4-5,7H2,1H3/t9-/m0/s1. The van der Waals surface area contributed by atoms with Crippen LogP contribution in [0.4, 0.5) is 4.39 Å². The summed E-state index contributed by atoms with van der Waals surface area (Å²) in [5, 5.41) is 3.22. The number of hydrogen-bond acceptors (Lipinski definition) is 3. The van der Waals surface area contributed by atoms with Crippen molar-refractivity contribution in [3.8, 4) is 0 Å². The monoisotopic (exact) mass is 223 g/mol. The molecule has 1 heterocycles. The average Bonchev–Trinajstić information content (AvgIpc) is 2.81. The molecule has 16 heavy (non-hydrogen) atoms. The van der Waals surface area contributed by atoms with Gasteiger partial charge in [0, 0.05) is 6.54 Å². The van der Waals surface area contributed by atoms with Gasteiger partial charge in [0.25, 0.3) is 0 Å². The fourth-order valence-electron chi connectivity index (χ4n) is 2.00. The maximum absolute atomic E-state index is 13.6. The van der Waals surface area contributed by atoms with Gasteiger partial charge < -0.3 is 10.1 Å². The second-order valence-corrected chi connectivity index (χ2v) is 3.92. The van der Waals surface area contributed by atoms with E-state index in [9.17, 15) is 9.18 Å². The van der Waals surface area contributed by atoms with Crippen LogP contribution in [-0.2, 0) is 4.74 Å². The summed E-state index contributed by atoms with van der Waals surface area (Å²) < 4.78 is 18.1. The minimum Gasteiger partial charge on any atom is -0.465 e. The number of esters is 1. The molecule has 1 saturated heterocycles. The molecule has 1 aliphatic rings. The molecule has 0 radical (unpaired) electrons. The molecule has 2 rings (SSSR count). The van der Waals surface area contributed by atoms with Gasteiger partial charge in [0.15, 0.2) is 0 Å². The van der Waals surface area contributed by atoms with E-state index in [1.807, 2.05) is 0 Å². The largest absolute Gasteiger partial charge is 0.465 e. The molecule has 3 nitrogen and oxygen atoms in total. The van der Waals surface area contributed by atoms with Gasteiger partial charge in [0.2, 0.25) is 0 Å². The maximum atomic E-state index is 13.6. The highest BCUT2D eigenvalue weighted by molar-refractivity contribution is 5.89. The lowest BCUT2D eigenvalue weighted by molar-refractivity contribution is 0.0595. The lowest BCUT2D eigenvalue weighted by Gasteiger charge is -2.10. The number of benzene rings is 1. The Kier molecular flexibility index (Phi) is 3.19. The zero-order chi connectivity index (χ0) is 11.5. The van der Waals surface area contributed by atoms with Crippen LogP contribution in [0.3, 0.4) is 0 Å². The number of methoxy groups -OCH3 is 1. The molecule has 1 atom stereocenters. The molecule has 0 bridgehead atoms. The van der Waals surface area contributed by atoms with Crippen LogP contribution in [0.1, 0.15) is 28.3 Å². The molecule has 0 unspecified atom stereocenters. The normalized spacial score (nSPS) is 19.8. The lowest BCUT2D eigenvalue weighted by atomic mass is 9.97. The van der Waals surface area contributed by atoms with Crippen LogP contribution < -0.4 is 5.32 Å². The van der Waals surface area contributed by atoms with Gasteiger partial charge in [-0.15, -0.1) is 0 Å². The molecule has 1 fully saturated rings. The molecule has 4 heteroatoms. The minimum absolute atomic E-state index is 0.00259. The Morgan fingerprint density at radius 1 is 1.56 bits per heavy atom. The number of carbonyl (C=O) groups excluding carboxylic acids is 1. The first-order valence-electron chi connectivity index (χ1n) is 5.31. The Bertz CT molecular complexity index is 400. The summed E-state index contributed by atoms with van der Waals surface area (Å²) in [5.74, 6) is -0.786. The second-order valence-electron chi connectivity index (χ2n) is 3.92. The minimum atomic E-state index is -0.631. The quantitative estimate of drug-likeness (QED) is 0.775. The van der Waals surface area contributed by atoms with Crippen molar-refractivity contribution in [3.63, 3.8) is 0 Å². The van der Waals surface area contributed by atoms with Crippen LogP contribution in [0, 0.1) is 5.82 Å². The summed E-state index contributed by atoms with van der Waals surface area (Å²) in [6.07, 6.45) is 1.01. The number of ether oxygens (including phenoxy) is 1. The summed E-state index contributed by atoms with van der Waals surface area (Å²) in [6.45, 7) is 1.84. The van der Waals surface area contributed by atoms with E-state index in [4.69, 9.17) is 0 Å². The van der Waals surface area contributed by atoms with E-state index in [-0.39, 0.29) is 5.56 Å². The molecule has 86 valence electrons. The van der Waals surface area contributed by atoms with Gasteiger partial charge >= 0.3 is 5.97 Å². The van der Waals surface area contributed by atoms with Crippen LogP contribution in [0.5, 0.6) is 0 Å². The van der Waals surface area contributed by atoms with Crippen molar-refractivity contribution in [1.82, 2.24) is 5.32 Å². The number of rotatable bonds is 2. The van der Waals surface area contributed by atoms with Gasteiger partial charge in [-0.25, -0.2) is 9.18 Å². The molecule has 1 aromatic carbocycles. The van der Waals surface area contributed by atoms with E-state index < -0.39 is 11.8 Å². The summed E-state index contributed by atoms with van der Waals surface area (Å²) in [7, 11) is 1.25. The van der Waals surface area contributed by atoms with Crippen molar-refractivity contribution in [2.75, 3.05) is 20.2 Å². The van der Waals surface area contributed by atoms with E-state index >= 15 is 0 Å². The molecule has 0 saturated carbocycles. The Morgan fingerprint density at radius 3 is 2.94 bits per heavy atom. The van der Waals surface area contributed by atoms with Crippen molar-refractivity contribution in [2.24, 2.45) is 0 Å². The molecule has 0 aromatic heterocycles. The van der Waals surface area contributed by atoms with Crippen molar-refractivity contribution in [1.29, 1.82) is 0 Å². The molecule has 0 aliphatic carbocycles. The maximum Gasteiger partial charge on any atom is 0.340 e. The van der Waals surface area contributed by atoms with Crippen LogP contribution >= 0.6 is 0 Å². The Balaban J connectivity index is 2.25. The number of nitrogens with one attached hydrogen (secondary N) is 1. The Labute approximate surface area is 93.6 Å². The van der Waals surface area contributed by atoms with Crippen molar-refractivity contribution in [3.05, 3.63) is 35.1 Å². The van der Waals surface area contributed by atoms with Gasteiger partial charge in [-0.3, -0.25) is 0 Å². The van der Waals surface area contributed by atoms with E-state index in [0.717, 1.165) is 25.1 Å². The van der Waals surface area contributed by atoms with E-state index in [2.05, 4.69) is 10.1 Å². The Hall–Kier alpha value is -1.42. The molecular weight excluding hydrogens is 209 g/mol. The Morgan fingerprint density at radius 2 is 2.38 bits per heavy atom. The summed E-state index contributed by atoms with van der Waals surface area (Å²) >= 11 is 0. The first kappa shape index (κ1) is 11.1.